The lowest BCUT2D eigenvalue weighted by atomic mass is 10.0. The van der Waals surface area contributed by atoms with Crippen LogP contribution in [0.5, 0.6) is 5.75 Å². The standard InChI is InChI=1S/C29H30F5N5O2S.ClH/c1-35-28-37-26(20-12-18(13-29(32,33)34)42-27(20)38-28)39(2)22-10-17(11-23(22)40)36-14-15-4-6-16(7-5-15)19-8-9-21(30)25(41-3)24(19)31;/h4-9,12,17,22-23,36,40H,10-11,13-14H2,1-3H3,(H,35,37,38);1H/t17-,22+,23-;/m1./s1. The van der Waals surface area contributed by atoms with Gasteiger partial charge in [0.15, 0.2) is 17.4 Å². The molecule has 1 fully saturated rings. The lowest BCUT2D eigenvalue weighted by Gasteiger charge is -2.29. The molecule has 4 aromatic rings. The number of aliphatic hydroxyl groups is 1. The quantitative estimate of drug-likeness (QED) is 0.184. The Morgan fingerprint density at radius 2 is 1.81 bits per heavy atom. The number of methoxy groups -OCH3 is 1. The van der Waals surface area contributed by atoms with Crippen LogP contribution < -0.4 is 20.3 Å². The minimum Gasteiger partial charge on any atom is -0.491 e. The minimum absolute atomic E-state index is 0. The molecular formula is C29H31ClF5N5O2S. The van der Waals surface area contributed by atoms with Gasteiger partial charge in [0, 0.05) is 37.1 Å². The summed E-state index contributed by atoms with van der Waals surface area (Å²) in [5.41, 5.74) is 1.75. The van der Waals surface area contributed by atoms with Gasteiger partial charge in [0.25, 0.3) is 0 Å². The fourth-order valence-electron chi connectivity index (χ4n) is 5.36. The molecule has 14 heteroatoms. The van der Waals surface area contributed by atoms with E-state index in [1.165, 1.54) is 19.2 Å². The fraction of sp³-hybridized carbons (Fsp3) is 0.379. The number of hydrogen-bond acceptors (Lipinski definition) is 8. The Morgan fingerprint density at radius 3 is 2.47 bits per heavy atom. The summed E-state index contributed by atoms with van der Waals surface area (Å²) in [4.78, 5) is 11.3. The molecule has 3 N–H and O–H groups in total. The number of rotatable bonds is 9. The highest BCUT2D eigenvalue weighted by Gasteiger charge is 2.37. The van der Waals surface area contributed by atoms with Crippen molar-refractivity contribution in [1.29, 1.82) is 0 Å². The van der Waals surface area contributed by atoms with Gasteiger partial charge >= 0.3 is 6.18 Å². The van der Waals surface area contributed by atoms with E-state index in [9.17, 15) is 27.1 Å². The van der Waals surface area contributed by atoms with E-state index < -0.39 is 36.1 Å². The number of nitrogens with one attached hydrogen (secondary N) is 2. The van der Waals surface area contributed by atoms with Crippen LogP contribution in [0.1, 0.15) is 23.3 Å². The highest BCUT2D eigenvalue weighted by molar-refractivity contribution is 7.18. The van der Waals surface area contributed by atoms with Crippen molar-refractivity contribution in [3.63, 3.8) is 0 Å². The van der Waals surface area contributed by atoms with E-state index in [2.05, 4.69) is 20.6 Å². The highest BCUT2D eigenvalue weighted by Crippen LogP contribution is 2.37. The van der Waals surface area contributed by atoms with Gasteiger partial charge in [-0.1, -0.05) is 24.3 Å². The normalized spacial score (nSPS) is 18.5. The van der Waals surface area contributed by atoms with Crippen LogP contribution in [0, 0.1) is 11.6 Å². The Balaban J connectivity index is 0.00000423. The SMILES string of the molecule is CNc1nc(N(C)[C@H]2C[C@@H](NCc3ccc(-c4ccc(F)c(OC)c4F)cc3)C[C@H]2O)c2cc(CC(F)(F)F)sc2n1.Cl. The van der Waals surface area contributed by atoms with Crippen LogP contribution in [0.2, 0.25) is 0 Å². The Hall–Kier alpha value is -3.26. The van der Waals surface area contributed by atoms with Crippen LogP contribution in [-0.2, 0) is 13.0 Å². The lowest BCUT2D eigenvalue weighted by Crippen LogP contribution is -2.38. The van der Waals surface area contributed by atoms with Gasteiger partial charge in [-0.05, 0) is 42.2 Å². The van der Waals surface area contributed by atoms with Crippen LogP contribution in [0.15, 0.2) is 42.5 Å². The first kappa shape index (κ1) is 32.6. The van der Waals surface area contributed by atoms with Gasteiger partial charge in [-0.3, -0.25) is 0 Å². The number of aliphatic hydroxyl groups excluding tert-OH is 1. The number of anilines is 2. The first-order chi connectivity index (χ1) is 20.0. The van der Waals surface area contributed by atoms with E-state index in [0.717, 1.165) is 23.0 Å². The van der Waals surface area contributed by atoms with Crippen LogP contribution in [0.3, 0.4) is 0 Å². The van der Waals surface area contributed by atoms with Crippen LogP contribution in [0.4, 0.5) is 33.7 Å². The number of aromatic nitrogens is 2. The average molecular weight is 644 g/mol. The topological polar surface area (TPSA) is 82.5 Å². The summed E-state index contributed by atoms with van der Waals surface area (Å²) < 4.78 is 72.4. The van der Waals surface area contributed by atoms with E-state index in [4.69, 9.17) is 4.74 Å². The zero-order valence-corrected chi connectivity index (χ0v) is 25.1. The smallest absolute Gasteiger partial charge is 0.393 e. The van der Waals surface area contributed by atoms with E-state index in [-0.39, 0.29) is 40.9 Å². The van der Waals surface area contributed by atoms with Crippen molar-refractivity contribution in [1.82, 2.24) is 15.3 Å². The second kappa shape index (κ2) is 13.2. The highest BCUT2D eigenvalue weighted by atomic mass is 35.5. The lowest BCUT2D eigenvalue weighted by molar-refractivity contribution is -0.126. The number of likely N-dealkylation sites (N-methyl/N-ethyl adjacent to an activating group) is 1. The summed E-state index contributed by atoms with van der Waals surface area (Å²) in [6, 6.07) is 10.9. The summed E-state index contributed by atoms with van der Waals surface area (Å²) >= 11 is 0.981. The maximum absolute atomic E-state index is 14.7. The van der Waals surface area contributed by atoms with Crippen molar-refractivity contribution in [2.24, 2.45) is 0 Å². The van der Waals surface area contributed by atoms with E-state index in [1.807, 2.05) is 17.0 Å². The molecule has 7 nitrogen and oxygen atoms in total. The monoisotopic (exact) mass is 643 g/mol. The van der Waals surface area contributed by atoms with Gasteiger partial charge in [0.1, 0.15) is 10.6 Å². The summed E-state index contributed by atoms with van der Waals surface area (Å²) in [5.74, 6) is -1.22. The molecule has 2 aromatic carbocycles. The molecule has 0 unspecified atom stereocenters. The van der Waals surface area contributed by atoms with Crippen molar-refractivity contribution < 1.29 is 31.8 Å². The third kappa shape index (κ3) is 7.11. The Bertz CT molecular complexity index is 1570. The number of alkyl halides is 3. The Kier molecular flexibility index (Phi) is 10.00. The molecule has 43 heavy (non-hydrogen) atoms. The largest absolute Gasteiger partial charge is 0.491 e. The number of hydrogen-bond donors (Lipinski definition) is 3. The molecule has 2 aromatic heterocycles. The average Bonchev–Trinajstić information content (AvgIpc) is 3.52. The molecule has 232 valence electrons. The number of halogens is 6. The van der Waals surface area contributed by atoms with E-state index >= 15 is 0 Å². The van der Waals surface area contributed by atoms with E-state index in [1.54, 1.807) is 26.2 Å². The molecule has 0 saturated heterocycles. The summed E-state index contributed by atoms with van der Waals surface area (Å²) in [5, 5.41) is 17.8. The van der Waals surface area contributed by atoms with Crippen LogP contribution in [-0.4, -0.2) is 60.6 Å². The van der Waals surface area contributed by atoms with Gasteiger partial charge in [0.05, 0.1) is 31.1 Å². The molecule has 5 rings (SSSR count). The Morgan fingerprint density at radius 1 is 1.09 bits per heavy atom. The number of thiophene rings is 1. The zero-order valence-electron chi connectivity index (χ0n) is 23.5. The van der Waals surface area contributed by atoms with Gasteiger partial charge in [-0.25, -0.2) is 13.8 Å². The van der Waals surface area contributed by atoms with Crippen molar-refractivity contribution in [3.05, 3.63) is 64.5 Å². The van der Waals surface area contributed by atoms with Crippen molar-refractivity contribution in [2.75, 3.05) is 31.4 Å². The third-order valence-electron chi connectivity index (χ3n) is 7.46. The molecule has 2 heterocycles. The van der Waals surface area contributed by atoms with Crippen LogP contribution in [0.25, 0.3) is 21.3 Å². The molecule has 0 amide bonds. The summed E-state index contributed by atoms with van der Waals surface area (Å²) in [6.45, 7) is 0.496. The van der Waals surface area contributed by atoms with Gasteiger partial charge in [-0.2, -0.15) is 18.2 Å². The molecule has 3 atom stereocenters. The van der Waals surface area contributed by atoms with Crippen molar-refractivity contribution in [3.8, 4) is 16.9 Å². The molecule has 0 bridgehead atoms. The predicted octanol–water partition coefficient (Wildman–Crippen LogP) is 6.33. The van der Waals surface area contributed by atoms with Gasteiger partial charge < -0.3 is 25.4 Å². The van der Waals surface area contributed by atoms with E-state index in [0.29, 0.717) is 41.0 Å². The zero-order chi connectivity index (χ0) is 30.2. The predicted molar refractivity (Wildman–Crippen MR) is 160 cm³/mol. The maximum Gasteiger partial charge on any atom is 0.393 e. The second-order valence-electron chi connectivity index (χ2n) is 10.3. The second-order valence-corrected chi connectivity index (χ2v) is 11.4. The summed E-state index contributed by atoms with van der Waals surface area (Å²) in [6.07, 6.45) is -5.02. The molecule has 1 aliphatic rings. The maximum atomic E-state index is 14.7. The number of benzene rings is 2. The van der Waals surface area contributed by atoms with Crippen molar-refractivity contribution >= 4 is 45.7 Å². The fourth-order valence-corrected chi connectivity index (χ4v) is 6.42. The summed E-state index contributed by atoms with van der Waals surface area (Å²) in [7, 11) is 4.63. The number of nitrogens with zero attached hydrogens (tertiary/aromatic N) is 3. The first-order valence-electron chi connectivity index (χ1n) is 13.3. The molecule has 0 aliphatic heterocycles. The molecule has 0 spiro atoms. The van der Waals surface area contributed by atoms with Gasteiger partial charge in [0.2, 0.25) is 5.95 Å². The number of fused-ring (bicyclic) bond motifs is 1. The van der Waals surface area contributed by atoms with Gasteiger partial charge in [-0.15, -0.1) is 23.7 Å². The van der Waals surface area contributed by atoms with Crippen molar-refractivity contribution in [2.45, 2.75) is 50.2 Å². The minimum atomic E-state index is -4.34. The Labute approximate surface area is 255 Å². The number of ether oxygens (including phenoxy) is 1. The third-order valence-corrected chi connectivity index (χ3v) is 8.49. The first-order valence-corrected chi connectivity index (χ1v) is 14.1. The molecule has 1 aliphatic carbocycles. The molecular weight excluding hydrogens is 613 g/mol. The molecule has 0 radical (unpaired) electrons. The molecule has 1 saturated carbocycles. The van der Waals surface area contributed by atoms with Crippen LogP contribution >= 0.6 is 23.7 Å².